The van der Waals surface area contributed by atoms with Crippen molar-refractivity contribution in [3.8, 4) is 11.6 Å². The monoisotopic (exact) mass is 319 g/mol. The summed E-state index contributed by atoms with van der Waals surface area (Å²) in [5.41, 5.74) is 2.33. The van der Waals surface area contributed by atoms with Crippen molar-refractivity contribution in [2.75, 3.05) is 0 Å². The van der Waals surface area contributed by atoms with E-state index < -0.39 is 0 Å². The minimum Gasteiger partial charge on any atom is -0.438 e. The van der Waals surface area contributed by atoms with Gasteiger partial charge in [-0.2, -0.15) is 0 Å². The molecule has 1 unspecified atom stereocenters. The van der Waals surface area contributed by atoms with Gasteiger partial charge in [0.15, 0.2) is 0 Å². The first-order chi connectivity index (χ1) is 9.11. The van der Waals surface area contributed by atoms with E-state index >= 15 is 0 Å². The molecule has 0 aliphatic carbocycles. The van der Waals surface area contributed by atoms with Crippen molar-refractivity contribution in [2.24, 2.45) is 0 Å². The summed E-state index contributed by atoms with van der Waals surface area (Å²) in [6.45, 7) is 6.40. The van der Waals surface area contributed by atoms with Gasteiger partial charge in [0.25, 0.3) is 0 Å². The van der Waals surface area contributed by atoms with E-state index in [1.807, 2.05) is 37.4 Å². The molecule has 1 aromatic carbocycles. The molecule has 100 valence electrons. The SMILES string of the molecule is CCC(C)c1ccccc1Oc1ncc(C)cc1Br. The Hall–Kier alpha value is -1.35. The lowest BCUT2D eigenvalue weighted by Crippen LogP contribution is -1.97. The first-order valence-electron chi connectivity index (χ1n) is 6.50. The van der Waals surface area contributed by atoms with Crippen LogP contribution in [-0.4, -0.2) is 4.98 Å². The summed E-state index contributed by atoms with van der Waals surface area (Å²) >= 11 is 3.50. The zero-order valence-electron chi connectivity index (χ0n) is 11.5. The van der Waals surface area contributed by atoms with Crippen molar-refractivity contribution in [1.82, 2.24) is 4.98 Å². The molecular formula is C16H18BrNO. The molecule has 0 saturated carbocycles. The number of aryl methyl sites for hydroxylation is 1. The second-order valence-electron chi connectivity index (χ2n) is 4.75. The van der Waals surface area contributed by atoms with Crippen LogP contribution in [0.4, 0.5) is 0 Å². The fourth-order valence-corrected chi connectivity index (χ4v) is 2.45. The number of para-hydroxylation sites is 1. The molecule has 3 heteroatoms. The number of ether oxygens (including phenoxy) is 1. The van der Waals surface area contributed by atoms with Crippen molar-refractivity contribution in [3.05, 3.63) is 52.1 Å². The molecule has 1 heterocycles. The average Bonchev–Trinajstić information content (AvgIpc) is 2.41. The number of pyridine rings is 1. The predicted octanol–water partition coefficient (Wildman–Crippen LogP) is 5.46. The molecule has 0 bridgehead atoms. The van der Waals surface area contributed by atoms with Crippen LogP contribution in [0.15, 0.2) is 41.0 Å². The van der Waals surface area contributed by atoms with Crippen LogP contribution in [0.3, 0.4) is 0 Å². The molecule has 19 heavy (non-hydrogen) atoms. The lowest BCUT2D eigenvalue weighted by molar-refractivity contribution is 0.449. The van der Waals surface area contributed by atoms with Crippen LogP contribution >= 0.6 is 15.9 Å². The van der Waals surface area contributed by atoms with Gasteiger partial charge in [0.05, 0.1) is 4.47 Å². The van der Waals surface area contributed by atoms with Crippen LogP contribution in [0.2, 0.25) is 0 Å². The second kappa shape index (κ2) is 6.20. The van der Waals surface area contributed by atoms with Crippen LogP contribution in [0.25, 0.3) is 0 Å². The van der Waals surface area contributed by atoms with E-state index in [4.69, 9.17) is 4.74 Å². The zero-order valence-corrected chi connectivity index (χ0v) is 13.1. The molecule has 2 aromatic rings. The molecule has 0 aliphatic heterocycles. The smallest absolute Gasteiger partial charge is 0.233 e. The first kappa shape index (κ1) is 14.1. The molecule has 0 N–H and O–H groups in total. The third-order valence-electron chi connectivity index (χ3n) is 3.21. The minimum absolute atomic E-state index is 0.473. The second-order valence-corrected chi connectivity index (χ2v) is 5.60. The van der Waals surface area contributed by atoms with E-state index in [-0.39, 0.29) is 0 Å². The van der Waals surface area contributed by atoms with Crippen molar-refractivity contribution >= 4 is 15.9 Å². The van der Waals surface area contributed by atoms with E-state index in [0.717, 1.165) is 22.2 Å². The molecule has 0 aliphatic rings. The van der Waals surface area contributed by atoms with Gasteiger partial charge < -0.3 is 4.74 Å². The van der Waals surface area contributed by atoms with Gasteiger partial charge in [0.1, 0.15) is 5.75 Å². The fraction of sp³-hybridized carbons (Fsp3) is 0.312. The Bertz CT molecular complexity index is 568. The van der Waals surface area contributed by atoms with E-state index in [1.165, 1.54) is 5.56 Å². The molecule has 1 aromatic heterocycles. The highest BCUT2D eigenvalue weighted by atomic mass is 79.9. The Balaban J connectivity index is 2.33. The Morgan fingerprint density at radius 2 is 2.05 bits per heavy atom. The quantitative estimate of drug-likeness (QED) is 0.746. The Labute approximate surface area is 123 Å². The standard InChI is InChI=1S/C16H18BrNO/c1-4-12(3)13-7-5-6-8-15(13)19-16-14(17)9-11(2)10-18-16/h5-10,12H,4H2,1-3H3. The number of aromatic nitrogens is 1. The normalized spacial score (nSPS) is 12.2. The number of halogens is 1. The summed E-state index contributed by atoms with van der Waals surface area (Å²) in [6.07, 6.45) is 2.90. The molecule has 0 spiro atoms. The summed E-state index contributed by atoms with van der Waals surface area (Å²) in [6, 6.07) is 10.2. The van der Waals surface area contributed by atoms with Crippen LogP contribution in [-0.2, 0) is 0 Å². The summed E-state index contributed by atoms with van der Waals surface area (Å²) < 4.78 is 6.84. The van der Waals surface area contributed by atoms with E-state index in [9.17, 15) is 0 Å². The lowest BCUT2D eigenvalue weighted by atomic mass is 9.98. The van der Waals surface area contributed by atoms with Crippen molar-refractivity contribution < 1.29 is 4.74 Å². The molecule has 2 nitrogen and oxygen atoms in total. The van der Waals surface area contributed by atoms with Gasteiger partial charge in [0, 0.05) is 6.20 Å². The highest BCUT2D eigenvalue weighted by Gasteiger charge is 2.12. The lowest BCUT2D eigenvalue weighted by Gasteiger charge is -2.15. The van der Waals surface area contributed by atoms with Crippen molar-refractivity contribution in [3.63, 3.8) is 0 Å². The van der Waals surface area contributed by atoms with Gasteiger partial charge in [-0.15, -0.1) is 0 Å². The number of hydrogen-bond acceptors (Lipinski definition) is 2. The van der Waals surface area contributed by atoms with Crippen LogP contribution in [0, 0.1) is 6.92 Å². The van der Waals surface area contributed by atoms with E-state index in [2.05, 4.69) is 40.8 Å². The van der Waals surface area contributed by atoms with E-state index in [1.54, 1.807) is 0 Å². The zero-order chi connectivity index (χ0) is 13.8. The van der Waals surface area contributed by atoms with Gasteiger partial charge in [-0.25, -0.2) is 4.98 Å². The molecule has 0 radical (unpaired) electrons. The summed E-state index contributed by atoms with van der Waals surface area (Å²) in [5.74, 6) is 1.97. The highest BCUT2D eigenvalue weighted by Crippen LogP contribution is 2.34. The number of benzene rings is 1. The third kappa shape index (κ3) is 3.35. The van der Waals surface area contributed by atoms with Gasteiger partial charge in [-0.05, 0) is 58.5 Å². The summed E-state index contributed by atoms with van der Waals surface area (Å²) in [5, 5.41) is 0. The summed E-state index contributed by atoms with van der Waals surface area (Å²) in [4.78, 5) is 4.33. The molecule has 1 atom stereocenters. The number of hydrogen-bond donors (Lipinski definition) is 0. The maximum absolute atomic E-state index is 5.96. The van der Waals surface area contributed by atoms with E-state index in [0.29, 0.717) is 11.8 Å². The van der Waals surface area contributed by atoms with Gasteiger partial charge in [-0.3, -0.25) is 0 Å². The maximum atomic E-state index is 5.96. The highest BCUT2D eigenvalue weighted by molar-refractivity contribution is 9.10. The third-order valence-corrected chi connectivity index (χ3v) is 3.78. The van der Waals surface area contributed by atoms with Crippen LogP contribution < -0.4 is 4.74 Å². The topological polar surface area (TPSA) is 22.1 Å². The fourth-order valence-electron chi connectivity index (χ4n) is 1.90. The Morgan fingerprint density at radius 3 is 2.74 bits per heavy atom. The molecule has 0 fully saturated rings. The Kier molecular flexibility index (Phi) is 4.59. The molecular weight excluding hydrogens is 302 g/mol. The maximum Gasteiger partial charge on any atom is 0.233 e. The van der Waals surface area contributed by atoms with Gasteiger partial charge in [-0.1, -0.05) is 32.0 Å². The van der Waals surface area contributed by atoms with Crippen molar-refractivity contribution in [2.45, 2.75) is 33.1 Å². The Morgan fingerprint density at radius 1 is 1.32 bits per heavy atom. The van der Waals surface area contributed by atoms with Crippen molar-refractivity contribution in [1.29, 1.82) is 0 Å². The molecule has 2 rings (SSSR count). The predicted molar refractivity (Wildman–Crippen MR) is 81.9 cm³/mol. The first-order valence-corrected chi connectivity index (χ1v) is 7.30. The average molecular weight is 320 g/mol. The number of rotatable bonds is 4. The largest absolute Gasteiger partial charge is 0.438 e. The van der Waals surface area contributed by atoms with Gasteiger partial charge in [0.2, 0.25) is 5.88 Å². The van der Waals surface area contributed by atoms with Gasteiger partial charge >= 0.3 is 0 Å². The molecule has 0 amide bonds. The number of nitrogens with zero attached hydrogens (tertiary/aromatic N) is 1. The van der Waals surface area contributed by atoms with Crippen LogP contribution in [0.1, 0.15) is 37.3 Å². The minimum atomic E-state index is 0.473. The summed E-state index contributed by atoms with van der Waals surface area (Å²) in [7, 11) is 0. The van der Waals surface area contributed by atoms with Crippen LogP contribution in [0.5, 0.6) is 11.6 Å². The molecule has 0 saturated heterocycles.